The number of imidazole rings is 1. The fourth-order valence-corrected chi connectivity index (χ4v) is 3.45. The van der Waals surface area contributed by atoms with Gasteiger partial charge in [-0.15, -0.1) is 22.7 Å². The molecule has 3 rings (SSSR count). The van der Waals surface area contributed by atoms with Gasteiger partial charge in [0.15, 0.2) is 10.9 Å². The number of guanidine groups is 1. The third-order valence-electron chi connectivity index (χ3n) is 3.14. The lowest BCUT2D eigenvalue weighted by molar-refractivity contribution is 0.779. The van der Waals surface area contributed by atoms with Crippen LogP contribution in [0, 0.1) is 6.92 Å². The van der Waals surface area contributed by atoms with Crippen molar-refractivity contribution < 1.29 is 0 Å². The van der Waals surface area contributed by atoms with Gasteiger partial charge in [0.2, 0.25) is 0 Å². The summed E-state index contributed by atoms with van der Waals surface area (Å²) in [5.41, 5.74) is 2.13. The zero-order chi connectivity index (χ0) is 15.4. The smallest absolute Gasteiger partial charge is 0.193 e. The highest BCUT2D eigenvalue weighted by Gasteiger charge is 2.04. The number of rotatable bonds is 5. The van der Waals surface area contributed by atoms with Crippen molar-refractivity contribution in [3.63, 3.8) is 0 Å². The molecule has 2 N–H and O–H groups in total. The molecule has 0 atom stereocenters. The molecule has 0 aromatic carbocycles. The first-order valence-corrected chi connectivity index (χ1v) is 8.77. The highest BCUT2D eigenvalue weighted by molar-refractivity contribution is 7.15. The predicted molar refractivity (Wildman–Crippen MR) is 91.8 cm³/mol. The Morgan fingerprint density at radius 2 is 2.18 bits per heavy atom. The van der Waals surface area contributed by atoms with Crippen LogP contribution in [0.1, 0.15) is 16.4 Å². The van der Waals surface area contributed by atoms with E-state index < -0.39 is 0 Å². The molecule has 0 bridgehead atoms. The van der Waals surface area contributed by atoms with E-state index in [0.717, 1.165) is 40.3 Å². The van der Waals surface area contributed by atoms with E-state index in [-0.39, 0.29) is 0 Å². The van der Waals surface area contributed by atoms with E-state index in [1.54, 1.807) is 29.7 Å². The van der Waals surface area contributed by atoms with Crippen molar-refractivity contribution in [2.45, 2.75) is 19.9 Å². The summed E-state index contributed by atoms with van der Waals surface area (Å²) in [4.78, 5) is 14.2. The zero-order valence-corrected chi connectivity index (χ0v) is 14.2. The van der Waals surface area contributed by atoms with Crippen LogP contribution in [0.25, 0.3) is 4.96 Å². The Morgan fingerprint density at radius 3 is 2.91 bits per heavy atom. The minimum atomic E-state index is 0.657. The Morgan fingerprint density at radius 1 is 1.27 bits per heavy atom. The number of aryl methyl sites for hydroxylation is 1. The minimum absolute atomic E-state index is 0.657. The van der Waals surface area contributed by atoms with Crippen molar-refractivity contribution in [1.29, 1.82) is 0 Å². The average Bonchev–Trinajstić information content (AvgIpc) is 3.18. The molecule has 0 spiro atoms. The summed E-state index contributed by atoms with van der Waals surface area (Å²) in [5, 5.41) is 11.8. The summed E-state index contributed by atoms with van der Waals surface area (Å²) in [6.45, 7) is 3.49. The van der Waals surface area contributed by atoms with Crippen LogP contribution in [-0.4, -0.2) is 33.9 Å². The van der Waals surface area contributed by atoms with Crippen LogP contribution in [0.4, 0.5) is 0 Å². The van der Waals surface area contributed by atoms with Crippen molar-refractivity contribution in [3.05, 3.63) is 39.5 Å². The van der Waals surface area contributed by atoms with Crippen LogP contribution < -0.4 is 10.6 Å². The number of aliphatic imine (C=N–C) groups is 1. The molecule has 22 heavy (non-hydrogen) atoms. The van der Waals surface area contributed by atoms with E-state index in [1.165, 1.54) is 0 Å². The van der Waals surface area contributed by atoms with Gasteiger partial charge < -0.3 is 10.6 Å². The van der Waals surface area contributed by atoms with E-state index in [4.69, 9.17) is 0 Å². The number of nitrogens with one attached hydrogen (secondary N) is 2. The lowest BCUT2D eigenvalue weighted by Crippen LogP contribution is -2.37. The highest BCUT2D eigenvalue weighted by atomic mass is 32.1. The van der Waals surface area contributed by atoms with Gasteiger partial charge in [-0.2, -0.15) is 0 Å². The topological polar surface area (TPSA) is 66.6 Å². The van der Waals surface area contributed by atoms with Gasteiger partial charge in [0.25, 0.3) is 0 Å². The van der Waals surface area contributed by atoms with Crippen LogP contribution in [-0.2, 0) is 13.0 Å². The predicted octanol–water partition coefficient (Wildman–Crippen LogP) is 2.07. The van der Waals surface area contributed by atoms with Crippen LogP contribution in [0.3, 0.4) is 0 Å². The Kier molecular flexibility index (Phi) is 4.69. The molecule has 0 fully saturated rings. The Labute approximate surface area is 137 Å². The molecule has 3 heterocycles. The molecule has 0 aliphatic heterocycles. The third kappa shape index (κ3) is 3.63. The third-order valence-corrected chi connectivity index (χ3v) is 4.74. The van der Waals surface area contributed by atoms with Crippen molar-refractivity contribution in [3.8, 4) is 0 Å². The molecule has 3 aromatic rings. The molecule has 3 aromatic heterocycles. The molecule has 8 heteroatoms. The van der Waals surface area contributed by atoms with E-state index in [1.807, 2.05) is 29.1 Å². The summed E-state index contributed by atoms with van der Waals surface area (Å²) < 4.78 is 2.03. The number of fused-ring (bicyclic) bond motifs is 1. The molecular weight excluding hydrogens is 316 g/mol. The Balaban J connectivity index is 1.46. The van der Waals surface area contributed by atoms with Crippen LogP contribution >= 0.6 is 22.7 Å². The minimum Gasteiger partial charge on any atom is -0.356 e. The molecule has 116 valence electrons. The summed E-state index contributed by atoms with van der Waals surface area (Å²) in [5.74, 6) is 0.781. The first-order chi connectivity index (χ1) is 10.7. The first kappa shape index (κ1) is 15.0. The quantitative estimate of drug-likeness (QED) is 0.554. The van der Waals surface area contributed by atoms with Crippen LogP contribution in [0.5, 0.6) is 0 Å². The number of aromatic nitrogens is 3. The van der Waals surface area contributed by atoms with Crippen molar-refractivity contribution in [2.75, 3.05) is 13.6 Å². The average molecular weight is 334 g/mol. The molecule has 0 amide bonds. The molecule has 6 nitrogen and oxygen atoms in total. The van der Waals surface area contributed by atoms with Gasteiger partial charge in [0, 0.05) is 43.2 Å². The second kappa shape index (κ2) is 6.89. The Bertz CT molecular complexity index is 741. The van der Waals surface area contributed by atoms with Gasteiger partial charge >= 0.3 is 0 Å². The fraction of sp³-hybridized carbons (Fsp3) is 0.357. The fourth-order valence-electron chi connectivity index (χ4n) is 2.09. The lowest BCUT2D eigenvalue weighted by atomic mass is 10.3. The van der Waals surface area contributed by atoms with E-state index >= 15 is 0 Å². The SMILES string of the molecule is CN=C(NCCc1csc(C)n1)NCc1cn2ccsc2n1. The van der Waals surface area contributed by atoms with Gasteiger partial charge in [-0.1, -0.05) is 0 Å². The number of hydrogen-bond donors (Lipinski definition) is 2. The highest BCUT2D eigenvalue weighted by Crippen LogP contribution is 2.11. The molecular formula is C14H18N6S2. The lowest BCUT2D eigenvalue weighted by Gasteiger charge is -2.10. The van der Waals surface area contributed by atoms with E-state index in [9.17, 15) is 0 Å². The standard InChI is InChI=1S/C14H18N6S2/c1-10-18-11(9-22-10)3-4-16-13(15-2)17-7-12-8-20-5-6-21-14(20)19-12/h5-6,8-9H,3-4,7H2,1-2H3,(H2,15,16,17). The molecule has 0 unspecified atom stereocenters. The molecule has 0 aliphatic carbocycles. The normalized spacial score (nSPS) is 12.0. The number of nitrogens with zero attached hydrogens (tertiary/aromatic N) is 4. The van der Waals surface area contributed by atoms with Gasteiger partial charge in [-0.05, 0) is 6.92 Å². The maximum absolute atomic E-state index is 4.54. The van der Waals surface area contributed by atoms with E-state index in [2.05, 4.69) is 31.0 Å². The van der Waals surface area contributed by atoms with Gasteiger partial charge in [-0.3, -0.25) is 9.39 Å². The molecule has 0 aliphatic rings. The maximum Gasteiger partial charge on any atom is 0.193 e. The zero-order valence-electron chi connectivity index (χ0n) is 12.5. The summed E-state index contributed by atoms with van der Waals surface area (Å²) in [7, 11) is 1.77. The monoisotopic (exact) mass is 334 g/mol. The molecule has 0 saturated heterocycles. The molecule has 0 saturated carbocycles. The van der Waals surface area contributed by atoms with Crippen molar-refractivity contribution >= 4 is 33.6 Å². The van der Waals surface area contributed by atoms with Crippen LogP contribution in [0.15, 0.2) is 28.1 Å². The largest absolute Gasteiger partial charge is 0.356 e. The summed E-state index contributed by atoms with van der Waals surface area (Å²) >= 11 is 3.32. The van der Waals surface area contributed by atoms with Crippen molar-refractivity contribution in [2.24, 2.45) is 4.99 Å². The second-order valence-electron chi connectivity index (χ2n) is 4.79. The van der Waals surface area contributed by atoms with Gasteiger partial charge in [0.1, 0.15) is 0 Å². The Hall–Kier alpha value is -1.93. The number of hydrogen-bond acceptors (Lipinski definition) is 5. The second-order valence-corrected chi connectivity index (χ2v) is 6.72. The van der Waals surface area contributed by atoms with Gasteiger partial charge in [0.05, 0.1) is 22.9 Å². The van der Waals surface area contributed by atoms with Crippen LogP contribution in [0.2, 0.25) is 0 Å². The first-order valence-electron chi connectivity index (χ1n) is 7.01. The molecule has 0 radical (unpaired) electrons. The number of thiazole rings is 2. The summed E-state index contributed by atoms with van der Waals surface area (Å²) in [6.07, 6.45) is 4.94. The van der Waals surface area contributed by atoms with E-state index in [0.29, 0.717) is 6.54 Å². The van der Waals surface area contributed by atoms with Crippen molar-refractivity contribution in [1.82, 2.24) is 25.0 Å². The van der Waals surface area contributed by atoms with Gasteiger partial charge in [-0.25, -0.2) is 9.97 Å². The summed E-state index contributed by atoms with van der Waals surface area (Å²) in [6, 6.07) is 0. The maximum atomic E-state index is 4.54.